The summed E-state index contributed by atoms with van der Waals surface area (Å²) in [4.78, 5) is 48.6. The van der Waals surface area contributed by atoms with Crippen LogP contribution in [0.15, 0.2) is 53.5 Å². The molecule has 4 heterocycles. The van der Waals surface area contributed by atoms with Gasteiger partial charge in [0.2, 0.25) is 5.95 Å². The summed E-state index contributed by atoms with van der Waals surface area (Å²) < 4.78 is 34.9. The average Bonchev–Trinajstić information content (AvgIpc) is 3.57. The number of carbonyl (C=O) groups excluding carboxylic acids is 1. The molecule has 3 aromatic heterocycles. The van der Waals surface area contributed by atoms with Crippen molar-refractivity contribution in [1.82, 2.24) is 29.0 Å². The zero-order chi connectivity index (χ0) is 30.5. The first kappa shape index (κ1) is 28.2. The second-order valence-electron chi connectivity index (χ2n) is 9.90. The van der Waals surface area contributed by atoms with Gasteiger partial charge in [-0.3, -0.25) is 13.9 Å². The molecular weight excluding hydrogens is 557 g/mol. The molecule has 2 aromatic carbocycles. The van der Waals surface area contributed by atoms with Crippen molar-refractivity contribution in [3.63, 3.8) is 0 Å². The Hall–Kier alpha value is -5.34. The lowest BCUT2D eigenvalue weighted by molar-refractivity contribution is -0.192. The quantitative estimate of drug-likeness (QED) is 0.245. The fourth-order valence-electron chi connectivity index (χ4n) is 4.75. The number of hydrogen-bond acceptors (Lipinski definition) is 7. The smallest absolute Gasteiger partial charge is 0.475 e. The molecule has 0 atom stereocenters. The van der Waals surface area contributed by atoms with Crippen LogP contribution in [0.5, 0.6) is 0 Å². The number of carboxylic acid groups (broad SMARTS) is 1. The van der Waals surface area contributed by atoms with Crippen molar-refractivity contribution in [2.75, 3.05) is 18.1 Å². The number of nitrogen functional groups attached to an aromatic ring is 1. The van der Waals surface area contributed by atoms with Crippen LogP contribution in [0.3, 0.4) is 0 Å². The minimum Gasteiger partial charge on any atom is -0.475 e. The fraction of sp³-hybridized carbons (Fsp3) is 0.222. The molecule has 0 saturated carbocycles. The number of H-pyrrole nitrogens is 1. The number of aliphatic carboxylic acids is 1. The van der Waals surface area contributed by atoms with E-state index < -0.39 is 12.1 Å². The van der Waals surface area contributed by atoms with Gasteiger partial charge in [0.15, 0.2) is 11.5 Å². The summed E-state index contributed by atoms with van der Waals surface area (Å²) in [5.41, 5.74) is 11.1. The monoisotopic (exact) mass is 582 g/mol. The molecule has 6 rings (SSSR count). The van der Waals surface area contributed by atoms with E-state index in [9.17, 15) is 22.8 Å². The van der Waals surface area contributed by atoms with Crippen LogP contribution < -0.4 is 16.7 Å². The summed E-state index contributed by atoms with van der Waals surface area (Å²) in [5, 5.41) is 11.3. The minimum atomic E-state index is -5.08. The van der Waals surface area contributed by atoms with E-state index in [1.54, 1.807) is 27.1 Å². The molecule has 0 unspecified atom stereocenters. The van der Waals surface area contributed by atoms with Crippen molar-refractivity contribution in [2.24, 2.45) is 0 Å². The molecule has 0 bridgehead atoms. The van der Waals surface area contributed by atoms with E-state index in [0.29, 0.717) is 29.0 Å². The van der Waals surface area contributed by atoms with Crippen molar-refractivity contribution in [2.45, 2.75) is 32.6 Å². The summed E-state index contributed by atoms with van der Waals surface area (Å²) in [6, 6.07) is 13.1. The Balaban J connectivity index is 0.000000451. The molecule has 0 saturated heterocycles. The number of anilines is 3. The number of amides is 1. The highest BCUT2D eigenvalue weighted by Crippen LogP contribution is 2.29. The van der Waals surface area contributed by atoms with Crippen molar-refractivity contribution in [3.05, 3.63) is 70.3 Å². The van der Waals surface area contributed by atoms with Gasteiger partial charge in [0.25, 0.3) is 5.91 Å². The minimum absolute atomic E-state index is 0.00795. The van der Waals surface area contributed by atoms with Crippen molar-refractivity contribution in [1.29, 1.82) is 0 Å². The van der Waals surface area contributed by atoms with Gasteiger partial charge >= 0.3 is 17.8 Å². The molecule has 218 valence electrons. The maximum Gasteiger partial charge on any atom is 0.490 e. The van der Waals surface area contributed by atoms with Gasteiger partial charge in [-0.1, -0.05) is 0 Å². The number of aromatic nitrogens is 5. The standard InChI is InChI=1S/C25H24N8O2.C2HF3O2/c1-13(2)32-22-20(33(25(32)35)17-5-7-19-14(11-17)8-9-27-19)21(26)29-24(30-22)28-16-4-6-18-15(10-16)12-31(3)23(18)34;3-2(4,5)1(6)7/h4-11,13,27H,12H2,1-3H3,(H3,26,28,29,30);(H,6,7). The highest BCUT2D eigenvalue weighted by atomic mass is 19.4. The van der Waals surface area contributed by atoms with Gasteiger partial charge in [0.1, 0.15) is 5.52 Å². The number of imidazole rings is 1. The zero-order valence-electron chi connectivity index (χ0n) is 22.5. The summed E-state index contributed by atoms with van der Waals surface area (Å²) in [5.74, 6) is -2.28. The summed E-state index contributed by atoms with van der Waals surface area (Å²) in [6.45, 7) is 4.41. The Morgan fingerprint density at radius 1 is 1.12 bits per heavy atom. The van der Waals surface area contributed by atoms with E-state index in [-0.39, 0.29) is 29.4 Å². The molecule has 1 aliphatic rings. The van der Waals surface area contributed by atoms with Gasteiger partial charge in [-0.2, -0.15) is 23.1 Å². The number of nitrogens with zero attached hydrogens (tertiary/aromatic N) is 5. The first-order valence-corrected chi connectivity index (χ1v) is 12.6. The molecule has 15 heteroatoms. The number of carboxylic acids is 1. The van der Waals surface area contributed by atoms with Crippen LogP contribution in [-0.4, -0.2) is 59.2 Å². The number of alkyl halides is 3. The predicted molar refractivity (Wildman–Crippen MR) is 149 cm³/mol. The Morgan fingerprint density at radius 3 is 2.50 bits per heavy atom. The summed E-state index contributed by atoms with van der Waals surface area (Å²) in [7, 11) is 1.77. The molecule has 1 amide bonds. The molecule has 1 aliphatic heterocycles. The molecule has 0 spiro atoms. The van der Waals surface area contributed by atoms with Crippen molar-refractivity contribution in [3.8, 4) is 5.69 Å². The second kappa shape index (κ2) is 10.2. The van der Waals surface area contributed by atoms with Gasteiger partial charge in [0.05, 0.1) is 5.69 Å². The van der Waals surface area contributed by atoms with Gasteiger partial charge in [0, 0.05) is 48.0 Å². The number of nitrogens with two attached hydrogens (primary N) is 1. The Labute approximate surface area is 235 Å². The normalized spacial score (nSPS) is 13.0. The van der Waals surface area contributed by atoms with Crippen molar-refractivity contribution < 1.29 is 27.9 Å². The fourth-order valence-corrected chi connectivity index (χ4v) is 4.75. The molecule has 42 heavy (non-hydrogen) atoms. The van der Waals surface area contributed by atoms with Crippen LogP contribution in [0, 0.1) is 0 Å². The zero-order valence-corrected chi connectivity index (χ0v) is 22.5. The highest BCUT2D eigenvalue weighted by molar-refractivity contribution is 5.98. The predicted octanol–water partition coefficient (Wildman–Crippen LogP) is 4.19. The first-order valence-electron chi connectivity index (χ1n) is 12.6. The maximum absolute atomic E-state index is 13.6. The lowest BCUT2D eigenvalue weighted by Crippen LogP contribution is -2.24. The number of rotatable bonds is 4. The molecule has 0 fully saturated rings. The topological polar surface area (TPSA) is 164 Å². The van der Waals surface area contributed by atoms with E-state index in [2.05, 4.69) is 15.3 Å². The summed E-state index contributed by atoms with van der Waals surface area (Å²) in [6.07, 6.45) is -3.23. The van der Waals surface area contributed by atoms with E-state index in [0.717, 1.165) is 22.2 Å². The Bertz CT molecular complexity index is 1920. The number of benzene rings is 2. The number of nitrogens with one attached hydrogen (secondary N) is 2. The number of halogens is 3. The molecular formula is C27H25F3N8O4. The molecule has 5 N–H and O–H groups in total. The SMILES string of the molecule is CC(C)n1c(=O)n(-c2ccc3[nH]ccc3c2)c2c(N)nc(Nc3ccc4c(c3)CN(C)C4=O)nc21.O=C(O)C(F)(F)F. The molecule has 12 nitrogen and oxygen atoms in total. The van der Waals surface area contributed by atoms with Crippen LogP contribution in [-0.2, 0) is 11.3 Å². The van der Waals surface area contributed by atoms with Crippen LogP contribution in [0.2, 0.25) is 0 Å². The third kappa shape index (κ3) is 5.00. The number of hydrogen-bond donors (Lipinski definition) is 4. The summed E-state index contributed by atoms with van der Waals surface area (Å²) >= 11 is 0. The third-order valence-electron chi connectivity index (χ3n) is 6.64. The van der Waals surface area contributed by atoms with Crippen LogP contribution in [0.25, 0.3) is 27.8 Å². The lowest BCUT2D eigenvalue weighted by atomic mass is 10.1. The number of fused-ring (bicyclic) bond motifs is 3. The Kier molecular flexibility index (Phi) is 6.88. The number of carbonyl (C=O) groups is 2. The highest BCUT2D eigenvalue weighted by Gasteiger charge is 2.38. The molecule has 5 aromatic rings. The van der Waals surface area contributed by atoms with E-state index in [1.807, 2.05) is 56.4 Å². The number of aromatic amines is 1. The van der Waals surface area contributed by atoms with Gasteiger partial charge < -0.3 is 26.0 Å². The third-order valence-corrected chi connectivity index (χ3v) is 6.64. The molecule has 0 aliphatic carbocycles. The van der Waals surface area contributed by atoms with Gasteiger partial charge in [-0.25, -0.2) is 9.59 Å². The largest absolute Gasteiger partial charge is 0.490 e. The van der Waals surface area contributed by atoms with Gasteiger partial charge in [-0.05, 0) is 61.9 Å². The van der Waals surface area contributed by atoms with Crippen LogP contribution in [0.4, 0.5) is 30.6 Å². The Morgan fingerprint density at radius 2 is 1.83 bits per heavy atom. The van der Waals surface area contributed by atoms with Gasteiger partial charge in [-0.15, -0.1) is 0 Å². The lowest BCUT2D eigenvalue weighted by Gasteiger charge is -2.10. The first-order chi connectivity index (χ1) is 19.8. The average molecular weight is 583 g/mol. The van der Waals surface area contributed by atoms with Crippen LogP contribution >= 0.6 is 0 Å². The maximum atomic E-state index is 13.6. The molecule has 0 radical (unpaired) electrons. The van der Waals surface area contributed by atoms with E-state index in [1.165, 1.54) is 0 Å². The van der Waals surface area contributed by atoms with E-state index in [4.69, 9.17) is 20.6 Å². The van der Waals surface area contributed by atoms with Crippen LogP contribution in [0.1, 0.15) is 35.8 Å². The van der Waals surface area contributed by atoms with E-state index >= 15 is 0 Å². The van der Waals surface area contributed by atoms with Crippen molar-refractivity contribution >= 4 is 51.4 Å². The second-order valence-corrected chi connectivity index (χ2v) is 9.90.